The van der Waals surface area contributed by atoms with E-state index in [1.807, 2.05) is 27.8 Å². The molecule has 2 fully saturated rings. The summed E-state index contributed by atoms with van der Waals surface area (Å²) in [7, 11) is 0. The minimum atomic E-state index is -0.0529. The molecule has 1 amide bonds. The van der Waals surface area contributed by atoms with Crippen molar-refractivity contribution >= 4 is 38.8 Å². The highest BCUT2D eigenvalue weighted by atomic mass is 32.1. The molecular formula is C20H23N4O2S2+. The van der Waals surface area contributed by atoms with Crippen LogP contribution in [0.5, 0.6) is 0 Å². The van der Waals surface area contributed by atoms with Crippen LogP contribution in [0.15, 0.2) is 27.7 Å². The molecule has 2 N–H and O–H groups in total. The second kappa shape index (κ2) is 7.42. The molecule has 28 heavy (non-hydrogen) atoms. The highest BCUT2D eigenvalue weighted by molar-refractivity contribution is 7.18. The zero-order valence-electron chi connectivity index (χ0n) is 15.6. The molecule has 3 aromatic rings. The van der Waals surface area contributed by atoms with Gasteiger partial charge >= 0.3 is 0 Å². The molecule has 4 heterocycles. The molecule has 5 rings (SSSR count). The summed E-state index contributed by atoms with van der Waals surface area (Å²) in [5.74, 6) is 1.36. The number of rotatable bonds is 4. The van der Waals surface area contributed by atoms with Crippen molar-refractivity contribution in [2.24, 2.45) is 5.92 Å². The van der Waals surface area contributed by atoms with Crippen molar-refractivity contribution in [3.63, 3.8) is 0 Å². The minimum absolute atomic E-state index is 0.0529. The summed E-state index contributed by atoms with van der Waals surface area (Å²) in [4.78, 5) is 38.2. The van der Waals surface area contributed by atoms with Crippen molar-refractivity contribution in [2.45, 2.75) is 25.8 Å². The van der Waals surface area contributed by atoms with E-state index < -0.39 is 0 Å². The van der Waals surface area contributed by atoms with Crippen LogP contribution in [-0.2, 0) is 11.3 Å². The van der Waals surface area contributed by atoms with Gasteiger partial charge in [0.2, 0.25) is 5.91 Å². The van der Waals surface area contributed by atoms with Gasteiger partial charge in [-0.15, -0.1) is 22.7 Å². The van der Waals surface area contributed by atoms with Crippen LogP contribution in [0.3, 0.4) is 0 Å². The van der Waals surface area contributed by atoms with E-state index in [4.69, 9.17) is 4.98 Å². The maximum Gasteiger partial charge on any atom is 0.260 e. The third-order valence-corrected chi connectivity index (χ3v) is 7.71. The van der Waals surface area contributed by atoms with E-state index >= 15 is 0 Å². The van der Waals surface area contributed by atoms with Crippen LogP contribution in [-0.4, -0.2) is 47.0 Å². The molecule has 146 valence electrons. The van der Waals surface area contributed by atoms with Gasteiger partial charge in [-0.3, -0.25) is 9.59 Å². The SMILES string of the molecule is O=C(C1CCC1)N1CC[NH+](Cc2nc3scc(-c4cccs4)c3c(=O)[nH]2)CC1. The number of nitrogens with one attached hydrogen (secondary N) is 2. The zero-order chi connectivity index (χ0) is 19.1. The van der Waals surface area contributed by atoms with Crippen molar-refractivity contribution in [3.05, 3.63) is 39.1 Å². The topological polar surface area (TPSA) is 70.5 Å². The number of fused-ring (bicyclic) bond motifs is 1. The monoisotopic (exact) mass is 415 g/mol. The van der Waals surface area contributed by atoms with Crippen molar-refractivity contribution in [3.8, 4) is 10.4 Å². The van der Waals surface area contributed by atoms with Gasteiger partial charge < -0.3 is 14.8 Å². The predicted molar refractivity (Wildman–Crippen MR) is 112 cm³/mol. The van der Waals surface area contributed by atoms with Crippen molar-refractivity contribution in [2.75, 3.05) is 26.2 Å². The summed E-state index contributed by atoms with van der Waals surface area (Å²) >= 11 is 3.17. The standard InChI is InChI=1S/C20H22N4O2S2/c25-18-17-14(15-5-2-10-27-15)12-28-19(17)22-16(21-18)11-23-6-8-24(9-7-23)20(26)13-3-1-4-13/h2,5,10,12-13H,1,3-4,6-9,11H2,(H,21,22,25)/p+1. The molecule has 0 radical (unpaired) electrons. The zero-order valence-corrected chi connectivity index (χ0v) is 17.2. The van der Waals surface area contributed by atoms with Crippen molar-refractivity contribution in [1.29, 1.82) is 0 Å². The lowest BCUT2D eigenvalue weighted by atomic mass is 9.84. The number of H-pyrrole nitrogens is 1. The number of quaternary nitrogens is 1. The van der Waals surface area contributed by atoms with Gasteiger partial charge in [-0.25, -0.2) is 4.98 Å². The van der Waals surface area contributed by atoms with E-state index in [0.717, 1.165) is 60.1 Å². The summed E-state index contributed by atoms with van der Waals surface area (Å²) in [5.41, 5.74) is 0.925. The summed E-state index contributed by atoms with van der Waals surface area (Å²) in [6.07, 6.45) is 3.32. The summed E-state index contributed by atoms with van der Waals surface area (Å²) < 4.78 is 0. The lowest BCUT2D eigenvalue weighted by molar-refractivity contribution is -0.918. The summed E-state index contributed by atoms with van der Waals surface area (Å²) in [6.45, 7) is 4.12. The van der Waals surface area contributed by atoms with Gasteiger partial charge in [0, 0.05) is 21.7 Å². The molecule has 0 atom stereocenters. The molecule has 3 aromatic heterocycles. The van der Waals surface area contributed by atoms with Crippen LogP contribution < -0.4 is 10.5 Å². The first-order chi connectivity index (χ1) is 13.7. The number of amides is 1. The first-order valence-electron chi connectivity index (χ1n) is 9.85. The minimum Gasteiger partial charge on any atom is -0.331 e. The van der Waals surface area contributed by atoms with Crippen LogP contribution >= 0.6 is 22.7 Å². The van der Waals surface area contributed by atoms with Gasteiger partial charge in [-0.1, -0.05) is 12.5 Å². The number of carbonyl (C=O) groups excluding carboxylic acids is 1. The van der Waals surface area contributed by atoms with Crippen molar-refractivity contribution in [1.82, 2.24) is 14.9 Å². The molecule has 1 aliphatic heterocycles. The van der Waals surface area contributed by atoms with Gasteiger partial charge in [-0.05, 0) is 24.3 Å². The number of nitrogens with zero attached hydrogens (tertiary/aromatic N) is 2. The molecule has 1 saturated carbocycles. The normalized spacial score (nSPS) is 18.5. The van der Waals surface area contributed by atoms with E-state index in [1.165, 1.54) is 22.7 Å². The van der Waals surface area contributed by atoms with Gasteiger partial charge in [0.15, 0.2) is 5.82 Å². The largest absolute Gasteiger partial charge is 0.331 e. The number of hydrogen-bond acceptors (Lipinski definition) is 5. The van der Waals surface area contributed by atoms with E-state index in [0.29, 0.717) is 17.8 Å². The molecule has 1 saturated heterocycles. The summed E-state index contributed by atoms with van der Waals surface area (Å²) in [6, 6.07) is 4.03. The Kier molecular flexibility index (Phi) is 4.78. The first kappa shape index (κ1) is 18.0. The quantitative estimate of drug-likeness (QED) is 0.682. The third kappa shape index (κ3) is 3.29. The lowest BCUT2D eigenvalue weighted by Gasteiger charge is -2.36. The summed E-state index contributed by atoms with van der Waals surface area (Å²) in [5, 5.41) is 4.75. The van der Waals surface area contributed by atoms with Gasteiger partial charge in [0.05, 0.1) is 31.6 Å². The fraction of sp³-hybridized carbons (Fsp3) is 0.450. The van der Waals surface area contributed by atoms with E-state index in [2.05, 4.69) is 4.98 Å². The Bertz CT molecular complexity index is 1040. The molecule has 0 unspecified atom stereocenters. The molecule has 0 spiro atoms. The lowest BCUT2D eigenvalue weighted by Crippen LogP contribution is -3.13. The molecule has 0 aromatic carbocycles. The number of aromatic amines is 1. The average Bonchev–Trinajstić information content (AvgIpc) is 3.30. The molecular weight excluding hydrogens is 392 g/mol. The maximum absolute atomic E-state index is 12.7. The fourth-order valence-corrected chi connectivity index (χ4v) is 5.84. The average molecular weight is 416 g/mol. The Labute approximate surface area is 170 Å². The van der Waals surface area contributed by atoms with Gasteiger partial charge in [-0.2, -0.15) is 0 Å². The van der Waals surface area contributed by atoms with Crippen LogP contribution in [0, 0.1) is 5.92 Å². The predicted octanol–water partition coefficient (Wildman–Crippen LogP) is 1.74. The number of hydrogen-bond donors (Lipinski definition) is 2. The number of piperazine rings is 1. The highest BCUT2D eigenvalue weighted by Gasteiger charge is 2.32. The van der Waals surface area contributed by atoms with Gasteiger partial charge in [0.1, 0.15) is 11.4 Å². The van der Waals surface area contributed by atoms with Gasteiger partial charge in [0.25, 0.3) is 5.56 Å². The van der Waals surface area contributed by atoms with E-state index in [-0.39, 0.29) is 11.5 Å². The third-order valence-electron chi connectivity index (χ3n) is 5.93. The molecule has 6 nitrogen and oxygen atoms in total. The Morgan fingerprint density at radius 3 is 2.79 bits per heavy atom. The Morgan fingerprint density at radius 2 is 2.11 bits per heavy atom. The van der Waals surface area contributed by atoms with E-state index in [1.54, 1.807) is 11.3 Å². The maximum atomic E-state index is 12.7. The smallest absolute Gasteiger partial charge is 0.260 e. The molecule has 1 aliphatic carbocycles. The number of carbonyl (C=O) groups is 1. The molecule has 8 heteroatoms. The second-order valence-electron chi connectivity index (χ2n) is 7.70. The fourth-order valence-electron chi connectivity index (χ4n) is 4.06. The highest BCUT2D eigenvalue weighted by Crippen LogP contribution is 2.33. The van der Waals surface area contributed by atoms with Crippen molar-refractivity contribution < 1.29 is 9.69 Å². The van der Waals surface area contributed by atoms with Crippen LogP contribution in [0.1, 0.15) is 25.1 Å². The number of aromatic nitrogens is 2. The molecule has 0 bridgehead atoms. The Morgan fingerprint density at radius 1 is 1.29 bits per heavy atom. The Hall–Kier alpha value is -2.03. The van der Waals surface area contributed by atoms with Crippen LogP contribution in [0.25, 0.3) is 20.7 Å². The first-order valence-corrected chi connectivity index (χ1v) is 11.6. The second-order valence-corrected chi connectivity index (χ2v) is 9.51. The Balaban J connectivity index is 1.29. The van der Waals surface area contributed by atoms with Crippen LogP contribution in [0.2, 0.25) is 0 Å². The number of thiophene rings is 2. The van der Waals surface area contributed by atoms with Crippen LogP contribution in [0.4, 0.5) is 0 Å². The van der Waals surface area contributed by atoms with E-state index in [9.17, 15) is 9.59 Å². The molecule has 2 aliphatic rings.